The molecule has 0 spiro atoms. The maximum Gasteiger partial charge on any atom is 0.417 e. The van der Waals surface area contributed by atoms with Crippen molar-refractivity contribution in [2.75, 3.05) is 5.73 Å². The second kappa shape index (κ2) is 3.78. The number of nitrogen functional groups attached to an aromatic ring is 1. The number of alkyl halides is 3. The lowest BCUT2D eigenvalue weighted by Gasteiger charge is -2.12. The first kappa shape index (κ1) is 11.3. The predicted octanol–water partition coefficient (Wildman–Crippen LogP) is 2.54. The van der Waals surface area contributed by atoms with Gasteiger partial charge in [0.25, 0.3) is 0 Å². The van der Waals surface area contributed by atoms with Crippen LogP contribution >= 0.6 is 15.9 Å². The molecule has 0 amide bonds. The number of hydrogen-bond donors (Lipinski definition) is 2. The van der Waals surface area contributed by atoms with Gasteiger partial charge >= 0.3 is 6.18 Å². The fourth-order valence-electron chi connectivity index (χ4n) is 0.988. The number of aliphatic hydroxyl groups is 1. The van der Waals surface area contributed by atoms with Gasteiger partial charge < -0.3 is 10.8 Å². The van der Waals surface area contributed by atoms with Gasteiger partial charge in [-0.15, -0.1) is 0 Å². The van der Waals surface area contributed by atoms with Gasteiger partial charge in [0.1, 0.15) is 0 Å². The molecule has 0 heterocycles. The molecule has 0 bridgehead atoms. The van der Waals surface area contributed by atoms with E-state index in [0.29, 0.717) is 0 Å². The molecule has 0 atom stereocenters. The summed E-state index contributed by atoms with van der Waals surface area (Å²) in [5, 5.41) is 8.74. The molecule has 0 aliphatic heterocycles. The Kier molecular flexibility index (Phi) is 3.06. The van der Waals surface area contributed by atoms with Crippen molar-refractivity contribution in [1.82, 2.24) is 0 Å². The van der Waals surface area contributed by atoms with Crippen molar-refractivity contribution < 1.29 is 18.3 Å². The monoisotopic (exact) mass is 269 g/mol. The summed E-state index contributed by atoms with van der Waals surface area (Å²) in [5.41, 5.74) is 4.75. The first-order valence-corrected chi connectivity index (χ1v) is 4.41. The van der Waals surface area contributed by atoms with Crippen molar-refractivity contribution in [2.45, 2.75) is 12.8 Å². The SMILES string of the molecule is Nc1cc(Br)c(C(F)(F)F)cc1CO. The predicted molar refractivity (Wildman–Crippen MR) is 49.5 cm³/mol. The molecule has 1 rings (SSSR count). The molecule has 0 radical (unpaired) electrons. The molecule has 0 aromatic heterocycles. The van der Waals surface area contributed by atoms with Crippen molar-refractivity contribution in [2.24, 2.45) is 0 Å². The molecule has 0 aliphatic carbocycles. The van der Waals surface area contributed by atoms with Crippen molar-refractivity contribution in [3.8, 4) is 0 Å². The first-order chi connectivity index (χ1) is 6.36. The molecule has 0 saturated heterocycles. The van der Waals surface area contributed by atoms with Gasteiger partial charge in [-0.25, -0.2) is 0 Å². The highest BCUT2D eigenvalue weighted by molar-refractivity contribution is 9.10. The third kappa shape index (κ3) is 2.19. The molecule has 2 nitrogen and oxygen atoms in total. The number of hydrogen-bond acceptors (Lipinski definition) is 2. The second-order valence-corrected chi connectivity index (χ2v) is 3.54. The number of benzene rings is 1. The average molecular weight is 270 g/mol. The fraction of sp³-hybridized carbons (Fsp3) is 0.250. The summed E-state index contributed by atoms with van der Waals surface area (Å²) >= 11 is 2.76. The van der Waals surface area contributed by atoms with E-state index in [2.05, 4.69) is 15.9 Å². The Balaban J connectivity index is 3.32. The molecule has 14 heavy (non-hydrogen) atoms. The van der Waals surface area contributed by atoms with Crippen LogP contribution in [0.1, 0.15) is 11.1 Å². The molecular weight excluding hydrogens is 263 g/mol. The minimum Gasteiger partial charge on any atom is -0.398 e. The summed E-state index contributed by atoms with van der Waals surface area (Å²) in [6.07, 6.45) is -4.45. The number of rotatable bonds is 1. The number of aliphatic hydroxyl groups excluding tert-OH is 1. The Bertz CT molecular complexity index is 351. The van der Waals surface area contributed by atoms with E-state index in [-0.39, 0.29) is 15.7 Å². The molecule has 1 aromatic rings. The molecule has 0 fully saturated rings. The van der Waals surface area contributed by atoms with Gasteiger partial charge in [-0.05, 0) is 12.1 Å². The summed E-state index contributed by atoms with van der Waals surface area (Å²) < 4.78 is 36.9. The van der Waals surface area contributed by atoms with Gasteiger partial charge in [0.15, 0.2) is 0 Å². The van der Waals surface area contributed by atoms with Crippen LogP contribution in [0.3, 0.4) is 0 Å². The lowest BCUT2D eigenvalue weighted by Crippen LogP contribution is -2.08. The smallest absolute Gasteiger partial charge is 0.398 e. The van der Waals surface area contributed by atoms with Crippen LogP contribution in [0.15, 0.2) is 16.6 Å². The van der Waals surface area contributed by atoms with Gasteiger partial charge in [0.2, 0.25) is 0 Å². The Morgan fingerprint density at radius 1 is 1.36 bits per heavy atom. The summed E-state index contributed by atoms with van der Waals surface area (Å²) in [7, 11) is 0. The molecule has 0 saturated carbocycles. The second-order valence-electron chi connectivity index (χ2n) is 2.69. The summed E-state index contributed by atoms with van der Waals surface area (Å²) in [5.74, 6) is 0. The van der Waals surface area contributed by atoms with Crippen LogP contribution in [0, 0.1) is 0 Å². The Morgan fingerprint density at radius 3 is 2.36 bits per heavy atom. The van der Waals surface area contributed by atoms with E-state index >= 15 is 0 Å². The molecular formula is C8H7BrF3NO. The van der Waals surface area contributed by atoms with E-state index in [0.717, 1.165) is 12.1 Å². The topological polar surface area (TPSA) is 46.2 Å². The average Bonchev–Trinajstić information content (AvgIpc) is 2.02. The van der Waals surface area contributed by atoms with Gasteiger partial charge in [-0.2, -0.15) is 13.2 Å². The number of halogens is 4. The van der Waals surface area contributed by atoms with Crippen molar-refractivity contribution in [1.29, 1.82) is 0 Å². The highest BCUT2D eigenvalue weighted by Crippen LogP contribution is 2.37. The molecule has 0 aliphatic rings. The van der Waals surface area contributed by atoms with E-state index in [1.165, 1.54) is 0 Å². The van der Waals surface area contributed by atoms with Gasteiger partial charge in [-0.1, -0.05) is 15.9 Å². The van der Waals surface area contributed by atoms with Crippen LogP contribution in [-0.2, 0) is 12.8 Å². The standard InChI is InChI=1S/C8H7BrF3NO/c9-6-2-7(13)4(3-14)1-5(6)8(10,11)12/h1-2,14H,3,13H2. The van der Waals surface area contributed by atoms with Gasteiger partial charge in [-0.3, -0.25) is 0 Å². The normalized spacial score (nSPS) is 11.8. The number of nitrogens with two attached hydrogens (primary N) is 1. The lowest BCUT2D eigenvalue weighted by molar-refractivity contribution is -0.138. The van der Waals surface area contributed by atoms with E-state index in [9.17, 15) is 13.2 Å². The minimum absolute atomic E-state index is 0.0699. The molecule has 6 heteroatoms. The zero-order valence-electron chi connectivity index (χ0n) is 6.90. The van der Waals surface area contributed by atoms with Crippen LogP contribution in [0.2, 0.25) is 0 Å². The molecule has 78 valence electrons. The van der Waals surface area contributed by atoms with Crippen LogP contribution in [0.4, 0.5) is 18.9 Å². The molecule has 3 N–H and O–H groups in total. The third-order valence-corrected chi connectivity index (χ3v) is 2.36. The minimum atomic E-state index is -4.45. The molecule has 1 aromatic carbocycles. The Morgan fingerprint density at radius 2 is 1.93 bits per heavy atom. The molecule has 0 unspecified atom stereocenters. The van der Waals surface area contributed by atoms with Crippen LogP contribution in [-0.4, -0.2) is 5.11 Å². The Labute approximate surface area is 86.7 Å². The maximum absolute atomic E-state index is 12.3. The quantitative estimate of drug-likeness (QED) is 0.770. The van der Waals surface area contributed by atoms with E-state index in [4.69, 9.17) is 10.8 Å². The number of anilines is 1. The van der Waals surface area contributed by atoms with Crippen molar-refractivity contribution in [3.05, 3.63) is 27.7 Å². The van der Waals surface area contributed by atoms with Crippen LogP contribution in [0.5, 0.6) is 0 Å². The Hall–Kier alpha value is -0.750. The van der Waals surface area contributed by atoms with Gasteiger partial charge in [0, 0.05) is 15.7 Å². The van der Waals surface area contributed by atoms with Crippen molar-refractivity contribution >= 4 is 21.6 Å². The van der Waals surface area contributed by atoms with E-state index < -0.39 is 18.3 Å². The van der Waals surface area contributed by atoms with E-state index in [1.807, 2.05) is 0 Å². The third-order valence-electron chi connectivity index (χ3n) is 1.70. The lowest BCUT2D eigenvalue weighted by atomic mass is 10.1. The fourth-order valence-corrected chi connectivity index (χ4v) is 1.57. The summed E-state index contributed by atoms with van der Waals surface area (Å²) in [6.45, 7) is -0.512. The maximum atomic E-state index is 12.3. The van der Waals surface area contributed by atoms with Crippen LogP contribution in [0.25, 0.3) is 0 Å². The van der Waals surface area contributed by atoms with Crippen molar-refractivity contribution in [3.63, 3.8) is 0 Å². The van der Waals surface area contributed by atoms with Crippen LogP contribution < -0.4 is 5.73 Å². The van der Waals surface area contributed by atoms with Gasteiger partial charge in [0.05, 0.1) is 12.2 Å². The highest BCUT2D eigenvalue weighted by atomic mass is 79.9. The summed E-state index contributed by atoms with van der Waals surface area (Å²) in [6, 6.07) is 1.97. The zero-order valence-corrected chi connectivity index (χ0v) is 8.48. The van der Waals surface area contributed by atoms with E-state index in [1.54, 1.807) is 0 Å². The first-order valence-electron chi connectivity index (χ1n) is 3.62. The largest absolute Gasteiger partial charge is 0.417 e. The summed E-state index contributed by atoms with van der Waals surface area (Å²) in [4.78, 5) is 0. The highest BCUT2D eigenvalue weighted by Gasteiger charge is 2.33. The zero-order chi connectivity index (χ0) is 10.9.